The third kappa shape index (κ3) is 3.92. The van der Waals surface area contributed by atoms with E-state index in [-0.39, 0.29) is 0 Å². The van der Waals surface area contributed by atoms with Crippen LogP contribution in [0.5, 0.6) is 0 Å². The normalized spacial score (nSPS) is 11.7. The van der Waals surface area contributed by atoms with Crippen molar-refractivity contribution in [3.05, 3.63) is 146 Å². The number of thiophene rings is 1. The molecule has 3 nitrogen and oxygen atoms in total. The highest BCUT2D eigenvalue weighted by Crippen LogP contribution is 2.46. The number of hydrogen-bond acceptors (Lipinski definition) is 4. The van der Waals surface area contributed by atoms with Crippen LogP contribution in [-0.4, -0.2) is 4.98 Å². The highest BCUT2D eigenvalue weighted by Gasteiger charge is 2.21. The lowest BCUT2D eigenvalue weighted by atomic mass is 10.0. The van der Waals surface area contributed by atoms with Crippen molar-refractivity contribution in [2.45, 2.75) is 0 Å². The molecule has 0 unspecified atom stereocenters. The third-order valence-corrected chi connectivity index (χ3v) is 9.37. The Labute approximate surface area is 251 Å². The second-order valence-electron chi connectivity index (χ2n) is 10.8. The Hall–Kier alpha value is -5.45. The van der Waals surface area contributed by atoms with Crippen molar-refractivity contribution < 1.29 is 4.42 Å². The van der Waals surface area contributed by atoms with Crippen LogP contribution in [0.3, 0.4) is 0 Å². The number of rotatable bonds is 4. The van der Waals surface area contributed by atoms with Gasteiger partial charge >= 0.3 is 0 Å². The smallest absolute Gasteiger partial charge is 0.137 e. The summed E-state index contributed by atoms with van der Waals surface area (Å²) in [6, 6.07) is 49.4. The summed E-state index contributed by atoms with van der Waals surface area (Å²) in [6.45, 7) is 0. The van der Waals surface area contributed by atoms with Gasteiger partial charge in [-0.15, -0.1) is 11.3 Å². The van der Waals surface area contributed by atoms with Gasteiger partial charge < -0.3 is 9.32 Å². The fourth-order valence-corrected chi connectivity index (χ4v) is 7.36. The molecule has 0 amide bonds. The zero-order chi connectivity index (χ0) is 28.3. The highest BCUT2D eigenvalue weighted by atomic mass is 32.1. The summed E-state index contributed by atoms with van der Waals surface area (Å²) in [5.74, 6) is 0. The molecule has 9 rings (SSSR count). The number of fused-ring (bicyclic) bond motifs is 7. The molecule has 3 aromatic heterocycles. The molecular weight excluding hydrogens is 545 g/mol. The third-order valence-electron chi connectivity index (χ3n) is 8.31. The first-order valence-corrected chi connectivity index (χ1v) is 15.2. The average Bonchev–Trinajstić information content (AvgIpc) is 3.62. The van der Waals surface area contributed by atoms with Crippen LogP contribution in [0.1, 0.15) is 0 Å². The Morgan fingerprint density at radius 2 is 1.23 bits per heavy atom. The minimum absolute atomic E-state index is 0.871. The molecule has 0 N–H and O–H groups in total. The van der Waals surface area contributed by atoms with Crippen LogP contribution in [0.15, 0.2) is 150 Å². The van der Waals surface area contributed by atoms with Gasteiger partial charge in [0.1, 0.15) is 16.0 Å². The Morgan fingerprint density at radius 1 is 0.535 bits per heavy atom. The summed E-state index contributed by atoms with van der Waals surface area (Å²) in [4.78, 5) is 8.21. The van der Waals surface area contributed by atoms with Gasteiger partial charge in [0.15, 0.2) is 0 Å². The molecule has 0 bridgehead atoms. The number of anilines is 3. The molecule has 0 fully saturated rings. The summed E-state index contributed by atoms with van der Waals surface area (Å²) < 4.78 is 7.58. The molecule has 0 aliphatic rings. The predicted octanol–water partition coefficient (Wildman–Crippen LogP) is 11.6. The van der Waals surface area contributed by atoms with E-state index < -0.39 is 0 Å². The van der Waals surface area contributed by atoms with Crippen molar-refractivity contribution in [2.24, 2.45) is 0 Å². The summed E-state index contributed by atoms with van der Waals surface area (Å²) in [5, 5.41) is 7.09. The van der Waals surface area contributed by atoms with E-state index in [1.165, 1.54) is 32.0 Å². The number of nitrogens with zero attached hydrogens (tertiary/aromatic N) is 2. The Balaban J connectivity index is 1.30. The van der Waals surface area contributed by atoms with Crippen molar-refractivity contribution in [1.82, 2.24) is 4.98 Å². The van der Waals surface area contributed by atoms with Gasteiger partial charge in [0.2, 0.25) is 0 Å². The first-order chi connectivity index (χ1) is 21.3. The first-order valence-electron chi connectivity index (χ1n) is 14.4. The topological polar surface area (TPSA) is 29.3 Å². The molecule has 0 radical (unpaired) electrons. The van der Waals surface area contributed by atoms with Crippen LogP contribution in [0.25, 0.3) is 64.1 Å². The fraction of sp³-hybridized carbons (Fsp3) is 0. The van der Waals surface area contributed by atoms with Crippen molar-refractivity contribution in [1.29, 1.82) is 0 Å². The number of aromatic nitrogens is 1. The van der Waals surface area contributed by atoms with E-state index in [2.05, 4.69) is 132 Å². The number of hydrogen-bond donors (Lipinski definition) is 0. The zero-order valence-electron chi connectivity index (χ0n) is 23.1. The van der Waals surface area contributed by atoms with E-state index in [0.717, 1.165) is 49.2 Å². The van der Waals surface area contributed by atoms with Crippen LogP contribution in [0, 0.1) is 0 Å². The van der Waals surface area contributed by atoms with Gasteiger partial charge in [-0.2, -0.15) is 0 Å². The van der Waals surface area contributed by atoms with Crippen molar-refractivity contribution in [3.8, 4) is 11.1 Å². The van der Waals surface area contributed by atoms with Crippen LogP contribution in [-0.2, 0) is 0 Å². The fourth-order valence-electron chi connectivity index (χ4n) is 6.27. The lowest BCUT2D eigenvalue weighted by Gasteiger charge is -2.26. The van der Waals surface area contributed by atoms with Crippen molar-refractivity contribution in [2.75, 3.05) is 4.90 Å². The Morgan fingerprint density at radius 3 is 2.09 bits per heavy atom. The molecule has 0 aliphatic heterocycles. The summed E-state index contributed by atoms with van der Waals surface area (Å²) >= 11 is 1.75. The predicted molar refractivity (Wildman–Crippen MR) is 182 cm³/mol. The monoisotopic (exact) mass is 568 g/mol. The number of benzene rings is 6. The van der Waals surface area contributed by atoms with Gasteiger partial charge in [-0.3, -0.25) is 0 Å². The molecule has 9 aromatic rings. The van der Waals surface area contributed by atoms with Crippen LogP contribution in [0.4, 0.5) is 17.1 Å². The molecular formula is C39H24N2OS. The van der Waals surface area contributed by atoms with E-state index in [9.17, 15) is 0 Å². The molecule has 0 saturated heterocycles. The lowest BCUT2D eigenvalue weighted by Crippen LogP contribution is -2.10. The molecule has 6 aromatic carbocycles. The molecule has 0 spiro atoms. The quantitative estimate of drug-likeness (QED) is 0.211. The second-order valence-corrected chi connectivity index (χ2v) is 11.9. The molecule has 4 heteroatoms. The summed E-state index contributed by atoms with van der Waals surface area (Å²) in [5.41, 5.74) is 7.35. The van der Waals surface area contributed by atoms with Gasteiger partial charge in [0.05, 0.1) is 5.69 Å². The number of furan rings is 1. The summed E-state index contributed by atoms with van der Waals surface area (Å²) in [7, 11) is 0. The van der Waals surface area contributed by atoms with Crippen molar-refractivity contribution in [3.63, 3.8) is 0 Å². The van der Waals surface area contributed by atoms with Crippen LogP contribution >= 0.6 is 11.3 Å². The highest BCUT2D eigenvalue weighted by molar-refractivity contribution is 7.25. The summed E-state index contributed by atoms with van der Waals surface area (Å²) in [6.07, 6.45) is 1.93. The van der Waals surface area contributed by atoms with Gasteiger partial charge in [-0.05, 0) is 70.4 Å². The van der Waals surface area contributed by atoms with E-state index in [1.807, 2.05) is 18.3 Å². The minimum atomic E-state index is 0.871. The lowest BCUT2D eigenvalue weighted by molar-refractivity contribution is 0.669. The average molecular weight is 569 g/mol. The second kappa shape index (κ2) is 9.55. The Bertz CT molecular complexity index is 2460. The molecule has 0 saturated carbocycles. The standard InChI is InChI=1S/C39H24N2OS/c1-2-8-25(9-3-1)26-14-16-29(17-15-26)41(30-18-19-32-31-12-6-7-13-35(31)42-36(32)24-30)34-20-21-40-39-38(34)33-22-27-10-4-5-11-28(27)23-37(33)43-39/h1-24H. The van der Waals surface area contributed by atoms with E-state index in [4.69, 9.17) is 9.40 Å². The van der Waals surface area contributed by atoms with Gasteiger partial charge in [0.25, 0.3) is 0 Å². The van der Waals surface area contributed by atoms with Gasteiger partial charge in [-0.1, -0.05) is 84.9 Å². The number of pyridine rings is 1. The number of para-hydroxylation sites is 1. The maximum atomic E-state index is 6.35. The molecule has 202 valence electrons. The Kier molecular flexibility index (Phi) is 5.37. The van der Waals surface area contributed by atoms with Crippen LogP contribution in [0.2, 0.25) is 0 Å². The minimum Gasteiger partial charge on any atom is -0.456 e. The molecule has 0 aliphatic carbocycles. The maximum absolute atomic E-state index is 6.35. The zero-order valence-corrected chi connectivity index (χ0v) is 23.9. The molecule has 3 heterocycles. The molecule has 0 atom stereocenters. The van der Waals surface area contributed by atoms with Gasteiger partial charge in [-0.25, -0.2) is 4.98 Å². The SMILES string of the molecule is c1ccc(-c2ccc(N(c3ccc4c(c3)oc3ccccc34)c3ccnc4sc5cc6ccccc6cc5c34)cc2)cc1. The molecule has 43 heavy (non-hydrogen) atoms. The van der Waals surface area contributed by atoms with Crippen LogP contribution < -0.4 is 4.90 Å². The van der Waals surface area contributed by atoms with Crippen molar-refractivity contribution >= 4 is 81.4 Å². The largest absolute Gasteiger partial charge is 0.456 e. The van der Waals surface area contributed by atoms with Gasteiger partial charge in [0, 0.05) is 49.9 Å². The first kappa shape index (κ1) is 24.2. The maximum Gasteiger partial charge on any atom is 0.137 e. The van der Waals surface area contributed by atoms with E-state index in [1.54, 1.807) is 11.3 Å². The van der Waals surface area contributed by atoms with E-state index in [0.29, 0.717) is 0 Å². The van der Waals surface area contributed by atoms with E-state index >= 15 is 0 Å².